The van der Waals surface area contributed by atoms with Crippen molar-refractivity contribution in [3.8, 4) is 5.75 Å². The Balaban J connectivity index is 2.04. The topological polar surface area (TPSA) is 96.0 Å². The Hall–Kier alpha value is -3.85. The molecule has 0 saturated carbocycles. The number of sulfonamides is 1. The van der Waals surface area contributed by atoms with Crippen molar-refractivity contribution in [2.24, 2.45) is 0 Å². The summed E-state index contributed by atoms with van der Waals surface area (Å²) in [5.41, 5.74) is 3.05. The SMILES string of the molecule is CCCNC(=O)[C@@H](C)N(Cc1cccc(C)c1)C(=O)CN(c1cccc(OC)c1)S(=O)(=O)c1ccc(C)cc1. The third kappa shape index (κ3) is 7.60. The molecule has 0 aliphatic heterocycles. The second-order valence-corrected chi connectivity index (χ2v) is 11.4. The van der Waals surface area contributed by atoms with Crippen LogP contribution < -0.4 is 14.4 Å². The van der Waals surface area contributed by atoms with Gasteiger partial charge in [0.2, 0.25) is 11.8 Å². The molecule has 3 aromatic carbocycles. The monoisotopic (exact) mass is 551 g/mol. The molecule has 2 amide bonds. The molecule has 9 heteroatoms. The highest BCUT2D eigenvalue weighted by atomic mass is 32.2. The summed E-state index contributed by atoms with van der Waals surface area (Å²) in [6.07, 6.45) is 0.753. The predicted molar refractivity (Wildman–Crippen MR) is 153 cm³/mol. The largest absolute Gasteiger partial charge is 0.497 e. The maximum absolute atomic E-state index is 13.9. The Kier molecular flexibility index (Phi) is 10.1. The van der Waals surface area contributed by atoms with E-state index in [-0.39, 0.29) is 23.0 Å². The minimum Gasteiger partial charge on any atom is -0.497 e. The standard InChI is InChI=1S/C30H37N3O5S/c1-6-17-31-30(35)24(4)32(20-25-10-7-9-23(3)18-25)29(34)21-33(26-11-8-12-27(19-26)38-5)39(36,37)28-15-13-22(2)14-16-28/h7-16,18-19,24H,6,17,20-21H2,1-5H3,(H,31,35)/t24-/m1/s1. The van der Waals surface area contributed by atoms with Crippen molar-refractivity contribution in [1.82, 2.24) is 10.2 Å². The van der Waals surface area contributed by atoms with E-state index in [0.29, 0.717) is 12.3 Å². The molecule has 0 unspecified atom stereocenters. The van der Waals surface area contributed by atoms with Crippen LogP contribution in [0.2, 0.25) is 0 Å². The number of hydrogen-bond acceptors (Lipinski definition) is 5. The van der Waals surface area contributed by atoms with Crippen LogP contribution in [0.1, 0.15) is 37.0 Å². The van der Waals surface area contributed by atoms with Gasteiger partial charge in [-0.1, -0.05) is 60.5 Å². The van der Waals surface area contributed by atoms with Gasteiger partial charge in [0.05, 0.1) is 17.7 Å². The Morgan fingerprint density at radius 1 is 0.949 bits per heavy atom. The zero-order valence-corrected chi connectivity index (χ0v) is 24.0. The summed E-state index contributed by atoms with van der Waals surface area (Å²) in [6.45, 7) is 7.55. The lowest BCUT2D eigenvalue weighted by atomic mass is 10.1. The predicted octanol–water partition coefficient (Wildman–Crippen LogP) is 4.45. The second-order valence-electron chi connectivity index (χ2n) is 9.50. The van der Waals surface area contributed by atoms with Crippen LogP contribution in [-0.4, -0.2) is 51.4 Å². The minimum atomic E-state index is -4.13. The van der Waals surface area contributed by atoms with Gasteiger partial charge >= 0.3 is 0 Å². The zero-order chi connectivity index (χ0) is 28.6. The molecule has 39 heavy (non-hydrogen) atoms. The average Bonchev–Trinajstić information content (AvgIpc) is 2.93. The molecule has 8 nitrogen and oxygen atoms in total. The van der Waals surface area contributed by atoms with E-state index in [0.717, 1.165) is 27.4 Å². The molecule has 1 N–H and O–H groups in total. The summed E-state index contributed by atoms with van der Waals surface area (Å²) >= 11 is 0. The van der Waals surface area contributed by atoms with Gasteiger partial charge in [-0.2, -0.15) is 0 Å². The van der Waals surface area contributed by atoms with E-state index < -0.39 is 28.5 Å². The minimum absolute atomic E-state index is 0.0580. The van der Waals surface area contributed by atoms with Crippen LogP contribution in [0.3, 0.4) is 0 Å². The van der Waals surface area contributed by atoms with Crippen molar-refractivity contribution in [1.29, 1.82) is 0 Å². The van der Waals surface area contributed by atoms with Crippen molar-refractivity contribution >= 4 is 27.5 Å². The normalized spacial score (nSPS) is 11.9. The highest BCUT2D eigenvalue weighted by molar-refractivity contribution is 7.92. The van der Waals surface area contributed by atoms with Crippen molar-refractivity contribution in [2.75, 3.05) is 24.5 Å². The van der Waals surface area contributed by atoms with Crippen LogP contribution in [0.5, 0.6) is 5.75 Å². The maximum atomic E-state index is 13.9. The van der Waals surface area contributed by atoms with E-state index >= 15 is 0 Å². The van der Waals surface area contributed by atoms with Gasteiger partial charge in [-0.15, -0.1) is 0 Å². The Morgan fingerprint density at radius 2 is 1.64 bits per heavy atom. The Labute approximate surface area is 231 Å². The van der Waals surface area contributed by atoms with Crippen molar-refractivity contribution in [3.63, 3.8) is 0 Å². The van der Waals surface area contributed by atoms with Crippen molar-refractivity contribution < 1.29 is 22.7 Å². The molecular weight excluding hydrogens is 514 g/mol. The van der Waals surface area contributed by atoms with Gasteiger partial charge < -0.3 is 15.0 Å². The molecule has 0 fully saturated rings. The number of nitrogens with zero attached hydrogens (tertiary/aromatic N) is 2. The van der Waals surface area contributed by atoms with E-state index in [9.17, 15) is 18.0 Å². The van der Waals surface area contributed by atoms with Gasteiger partial charge in [-0.25, -0.2) is 8.42 Å². The van der Waals surface area contributed by atoms with Crippen molar-refractivity contribution in [3.05, 3.63) is 89.5 Å². The number of anilines is 1. The Bertz CT molecular complexity index is 1390. The third-order valence-corrected chi connectivity index (χ3v) is 8.17. The fourth-order valence-corrected chi connectivity index (χ4v) is 5.52. The van der Waals surface area contributed by atoms with Crippen LogP contribution in [-0.2, 0) is 26.2 Å². The molecule has 0 aliphatic rings. The smallest absolute Gasteiger partial charge is 0.264 e. The number of amides is 2. The summed E-state index contributed by atoms with van der Waals surface area (Å²) in [5, 5.41) is 2.84. The fourth-order valence-electron chi connectivity index (χ4n) is 4.12. The lowest BCUT2D eigenvalue weighted by Gasteiger charge is -2.32. The summed E-state index contributed by atoms with van der Waals surface area (Å²) in [4.78, 5) is 28.4. The number of rotatable bonds is 12. The molecule has 0 aliphatic carbocycles. The first-order valence-corrected chi connectivity index (χ1v) is 14.4. The zero-order valence-electron chi connectivity index (χ0n) is 23.2. The van der Waals surface area contributed by atoms with Gasteiger partial charge in [0.1, 0.15) is 18.3 Å². The van der Waals surface area contributed by atoms with E-state index in [1.165, 1.54) is 24.1 Å². The Morgan fingerprint density at radius 3 is 2.28 bits per heavy atom. The molecule has 3 aromatic rings. The lowest BCUT2D eigenvalue weighted by molar-refractivity contribution is -0.139. The summed E-state index contributed by atoms with van der Waals surface area (Å²) in [6, 6.07) is 19.9. The first-order valence-electron chi connectivity index (χ1n) is 12.9. The van der Waals surface area contributed by atoms with E-state index in [1.54, 1.807) is 43.3 Å². The van der Waals surface area contributed by atoms with E-state index in [4.69, 9.17) is 4.74 Å². The average molecular weight is 552 g/mol. The molecule has 208 valence electrons. The van der Waals surface area contributed by atoms with Gasteiger partial charge in [-0.3, -0.25) is 13.9 Å². The highest BCUT2D eigenvalue weighted by Crippen LogP contribution is 2.28. The van der Waals surface area contributed by atoms with Gasteiger partial charge in [0, 0.05) is 19.2 Å². The summed E-state index contributed by atoms with van der Waals surface area (Å²) in [7, 11) is -2.65. The molecule has 0 aromatic heterocycles. The van der Waals surface area contributed by atoms with Crippen LogP contribution >= 0.6 is 0 Å². The van der Waals surface area contributed by atoms with Gasteiger partial charge in [0.15, 0.2) is 0 Å². The molecule has 1 atom stereocenters. The number of benzene rings is 3. The van der Waals surface area contributed by atoms with Crippen LogP contribution in [0.25, 0.3) is 0 Å². The van der Waals surface area contributed by atoms with Gasteiger partial charge in [0.25, 0.3) is 10.0 Å². The number of carbonyl (C=O) groups excluding carboxylic acids is 2. The maximum Gasteiger partial charge on any atom is 0.264 e. The van der Waals surface area contributed by atoms with Gasteiger partial charge in [-0.05, 0) is 57.0 Å². The number of hydrogen-bond donors (Lipinski definition) is 1. The third-order valence-electron chi connectivity index (χ3n) is 6.38. The molecule has 0 radical (unpaired) electrons. The quantitative estimate of drug-likeness (QED) is 0.359. The second kappa shape index (κ2) is 13.3. The number of methoxy groups -OCH3 is 1. The van der Waals surface area contributed by atoms with E-state index in [2.05, 4.69) is 5.32 Å². The molecule has 3 rings (SSSR count). The van der Waals surface area contributed by atoms with Crippen LogP contribution in [0.4, 0.5) is 5.69 Å². The lowest BCUT2D eigenvalue weighted by Crippen LogP contribution is -2.51. The number of aryl methyl sites for hydroxylation is 2. The first kappa shape index (κ1) is 29.7. The fraction of sp³-hybridized carbons (Fsp3) is 0.333. The summed E-state index contributed by atoms with van der Waals surface area (Å²) in [5.74, 6) is -0.352. The first-order chi connectivity index (χ1) is 18.6. The highest BCUT2D eigenvalue weighted by Gasteiger charge is 2.32. The molecule has 0 heterocycles. The molecule has 0 bridgehead atoms. The van der Waals surface area contributed by atoms with Crippen LogP contribution in [0.15, 0.2) is 77.7 Å². The van der Waals surface area contributed by atoms with Crippen LogP contribution in [0, 0.1) is 13.8 Å². The van der Waals surface area contributed by atoms with E-state index in [1.807, 2.05) is 45.0 Å². The number of nitrogens with one attached hydrogen (secondary N) is 1. The number of ether oxygens (including phenoxy) is 1. The molecule has 0 spiro atoms. The molecular formula is C30H37N3O5S. The molecule has 0 saturated heterocycles. The number of carbonyl (C=O) groups is 2. The van der Waals surface area contributed by atoms with Crippen molar-refractivity contribution in [2.45, 2.75) is 51.6 Å². The summed E-state index contributed by atoms with van der Waals surface area (Å²) < 4.78 is 34.2.